The van der Waals surface area contributed by atoms with E-state index in [1.807, 2.05) is 18.2 Å². The number of hydrogen-bond donors (Lipinski definition) is 1. The molecule has 0 spiro atoms. The van der Waals surface area contributed by atoms with Gasteiger partial charge < -0.3 is 5.11 Å². The molecule has 3 rings (SSSR count). The fourth-order valence-electron chi connectivity index (χ4n) is 2.82. The van der Waals surface area contributed by atoms with Gasteiger partial charge in [-0.25, -0.2) is 0 Å². The maximum absolute atomic E-state index is 10.4. The lowest BCUT2D eigenvalue weighted by Crippen LogP contribution is -2.26. The first-order valence-electron chi connectivity index (χ1n) is 6.80. The van der Waals surface area contributed by atoms with Crippen molar-refractivity contribution in [3.63, 3.8) is 0 Å². The second kappa shape index (κ2) is 5.44. The molecule has 0 radical (unpaired) electrons. The number of hydrogen-bond acceptors (Lipinski definition) is 2. The smallest absolute Gasteiger partial charge is 0.0667 e. The van der Waals surface area contributed by atoms with Crippen LogP contribution in [0.1, 0.15) is 25.7 Å². The molecule has 1 N–H and O–H groups in total. The van der Waals surface area contributed by atoms with Gasteiger partial charge in [0, 0.05) is 15.7 Å². The van der Waals surface area contributed by atoms with Crippen molar-refractivity contribution in [1.82, 2.24) is 0 Å². The molecule has 1 aromatic carbocycles. The number of aliphatic hydroxyl groups excluding tert-OH is 1. The Morgan fingerprint density at radius 2 is 1.89 bits per heavy atom. The molecular formula is C15H19ClOS. The second-order valence-corrected chi connectivity index (χ2v) is 7.12. The molecule has 0 aliphatic heterocycles. The SMILES string of the molecule is OC(CSc1cccc(Cl)c1)C(C1CC1)C1CC1. The van der Waals surface area contributed by atoms with Crippen LogP contribution >= 0.6 is 23.4 Å². The van der Waals surface area contributed by atoms with E-state index in [0.717, 1.165) is 27.5 Å². The van der Waals surface area contributed by atoms with Crippen molar-refractivity contribution < 1.29 is 5.11 Å². The van der Waals surface area contributed by atoms with E-state index in [1.165, 1.54) is 25.7 Å². The molecule has 0 heterocycles. The van der Waals surface area contributed by atoms with Crippen LogP contribution in [0.2, 0.25) is 5.02 Å². The number of halogens is 1. The Labute approximate surface area is 118 Å². The molecule has 0 amide bonds. The molecule has 1 atom stereocenters. The van der Waals surface area contributed by atoms with Gasteiger partial charge in [-0.1, -0.05) is 17.7 Å². The third-order valence-electron chi connectivity index (χ3n) is 3.99. The van der Waals surface area contributed by atoms with Gasteiger partial charge in [-0.05, 0) is 61.6 Å². The predicted octanol–water partition coefficient (Wildman–Crippen LogP) is 4.23. The molecule has 2 saturated carbocycles. The van der Waals surface area contributed by atoms with Crippen LogP contribution in [0.5, 0.6) is 0 Å². The van der Waals surface area contributed by atoms with Crippen LogP contribution in [-0.2, 0) is 0 Å². The topological polar surface area (TPSA) is 20.2 Å². The minimum Gasteiger partial charge on any atom is -0.392 e. The number of rotatable bonds is 6. The average Bonchev–Trinajstić information content (AvgIpc) is 3.21. The van der Waals surface area contributed by atoms with Gasteiger partial charge in [0.2, 0.25) is 0 Å². The highest BCUT2D eigenvalue weighted by Gasteiger charge is 2.44. The summed E-state index contributed by atoms with van der Waals surface area (Å²) in [6, 6.07) is 7.89. The lowest BCUT2D eigenvalue weighted by molar-refractivity contribution is 0.103. The highest BCUT2D eigenvalue weighted by molar-refractivity contribution is 7.99. The quantitative estimate of drug-likeness (QED) is 0.788. The lowest BCUT2D eigenvalue weighted by Gasteiger charge is -2.22. The first-order valence-corrected chi connectivity index (χ1v) is 8.17. The van der Waals surface area contributed by atoms with Crippen molar-refractivity contribution in [1.29, 1.82) is 0 Å². The molecule has 3 heteroatoms. The fraction of sp³-hybridized carbons (Fsp3) is 0.600. The van der Waals surface area contributed by atoms with Gasteiger partial charge in [0.25, 0.3) is 0 Å². The zero-order valence-electron chi connectivity index (χ0n) is 10.4. The largest absolute Gasteiger partial charge is 0.392 e. The molecule has 98 valence electrons. The molecule has 2 fully saturated rings. The Morgan fingerprint density at radius 1 is 1.22 bits per heavy atom. The third-order valence-corrected chi connectivity index (χ3v) is 5.32. The minimum absolute atomic E-state index is 0.144. The van der Waals surface area contributed by atoms with Crippen molar-refractivity contribution in [2.75, 3.05) is 5.75 Å². The maximum atomic E-state index is 10.4. The van der Waals surface area contributed by atoms with Gasteiger partial charge in [0.1, 0.15) is 0 Å². The number of thioether (sulfide) groups is 1. The number of benzene rings is 1. The van der Waals surface area contributed by atoms with E-state index < -0.39 is 0 Å². The zero-order chi connectivity index (χ0) is 12.5. The summed E-state index contributed by atoms with van der Waals surface area (Å²) in [5.74, 6) is 2.99. The fourth-order valence-corrected chi connectivity index (χ4v) is 4.05. The van der Waals surface area contributed by atoms with Crippen molar-refractivity contribution in [3.05, 3.63) is 29.3 Å². The highest BCUT2D eigenvalue weighted by atomic mass is 35.5. The Hall–Kier alpha value is -0.180. The summed E-state index contributed by atoms with van der Waals surface area (Å²) in [6.07, 6.45) is 5.19. The van der Waals surface area contributed by atoms with E-state index in [1.54, 1.807) is 11.8 Å². The molecule has 18 heavy (non-hydrogen) atoms. The van der Waals surface area contributed by atoms with Gasteiger partial charge in [-0.15, -0.1) is 11.8 Å². The lowest BCUT2D eigenvalue weighted by atomic mass is 9.92. The molecule has 0 saturated heterocycles. The van der Waals surface area contributed by atoms with E-state index >= 15 is 0 Å². The summed E-state index contributed by atoms with van der Waals surface area (Å²) < 4.78 is 0. The van der Waals surface area contributed by atoms with Crippen molar-refractivity contribution >= 4 is 23.4 Å². The molecule has 1 nitrogen and oxygen atoms in total. The summed E-state index contributed by atoms with van der Waals surface area (Å²) in [7, 11) is 0. The molecule has 2 aliphatic rings. The molecule has 1 aromatic rings. The van der Waals surface area contributed by atoms with Crippen LogP contribution < -0.4 is 0 Å². The molecular weight excluding hydrogens is 264 g/mol. The first kappa shape index (κ1) is 12.8. The monoisotopic (exact) mass is 282 g/mol. The zero-order valence-corrected chi connectivity index (χ0v) is 12.0. The van der Waals surface area contributed by atoms with Crippen LogP contribution in [0.4, 0.5) is 0 Å². The molecule has 1 unspecified atom stereocenters. The van der Waals surface area contributed by atoms with Crippen molar-refractivity contribution in [3.8, 4) is 0 Å². The summed E-state index contributed by atoms with van der Waals surface area (Å²) in [5, 5.41) is 11.2. The third kappa shape index (κ3) is 3.23. The summed E-state index contributed by atoms with van der Waals surface area (Å²) in [4.78, 5) is 1.16. The Morgan fingerprint density at radius 3 is 2.44 bits per heavy atom. The van der Waals surface area contributed by atoms with E-state index in [9.17, 15) is 5.11 Å². The van der Waals surface area contributed by atoms with Crippen molar-refractivity contribution in [2.24, 2.45) is 17.8 Å². The minimum atomic E-state index is -0.144. The highest BCUT2D eigenvalue weighted by Crippen LogP contribution is 2.51. The van der Waals surface area contributed by atoms with Crippen LogP contribution in [0.3, 0.4) is 0 Å². The average molecular weight is 283 g/mol. The van der Waals surface area contributed by atoms with Crippen LogP contribution in [-0.4, -0.2) is 17.0 Å². The van der Waals surface area contributed by atoms with E-state index in [2.05, 4.69) is 6.07 Å². The van der Waals surface area contributed by atoms with Crippen LogP contribution in [0.25, 0.3) is 0 Å². The predicted molar refractivity (Wildman–Crippen MR) is 77.1 cm³/mol. The second-order valence-electron chi connectivity index (χ2n) is 5.59. The Bertz CT molecular complexity index is 403. The molecule has 0 bridgehead atoms. The van der Waals surface area contributed by atoms with Gasteiger partial charge in [0.15, 0.2) is 0 Å². The first-order chi connectivity index (χ1) is 8.74. The molecule has 0 aromatic heterocycles. The maximum Gasteiger partial charge on any atom is 0.0667 e. The van der Waals surface area contributed by atoms with Gasteiger partial charge in [-0.2, -0.15) is 0 Å². The summed E-state index contributed by atoms with van der Waals surface area (Å²) in [5.41, 5.74) is 0. The van der Waals surface area contributed by atoms with E-state index in [4.69, 9.17) is 11.6 Å². The van der Waals surface area contributed by atoms with Crippen LogP contribution in [0, 0.1) is 17.8 Å². The van der Waals surface area contributed by atoms with E-state index in [-0.39, 0.29) is 6.10 Å². The van der Waals surface area contributed by atoms with Gasteiger partial charge in [0.05, 0.1) is 6.10 Å². The van der Waals surface area contributed by atoms with Crippen LogP contribution in [0.15, 0.2) is 29.2 Å². The number of aliphatic hydroxyl groups is 1. The standard InChI is InChI=1S/C15H19ClOS/c16-12-2-1-3-13(8-12)18-9-14(17)15(10-4-5-10)11-6-7-11/h1-3,8,10-11,14-15,17H,4-7,9H2. The van der Waals surface area contributed by atoms with Gasteiger partial charge >= 0.3 is 0 Å². The molecule has 2 aliphatic carbocycles. The Kier molecular flexibility index (Phi) is 3.88. The Balaban J connectivity index is 1.55. The van der Waals surface area contributed by atoms with E-state index in [0.29, 0.717) is 5.92 Å². The van der Waals surface area contributed by atoms with Crippen molar-refractivity contribution in [2.45, 2.75) is 36.7 Å². The van der Waals surface area contributed by atoms with Gasteiger partial charge in [-0.3, -0.25) is 0 Å². The summed E-state index contributed by atoms with van der Waals surface area (Å²) in [6.45, 7) is 0. The normalized spacial score (nSPS) is 21.3. The summed E-state index contributed by atoms with van der Waals surface area (Å²) >= 11 is 7.69.